The van der Waals surface area contributed by atoms with E-state index in [1.165, 1.54) is 0 Å². The molecule has 0 bridgehead atoms. The van der Waals surface area contributed by atoms with Gasteiger partial charge >= 0.3 is 0 Å². The summed E-state index contributed by atoms with van der Waals surface area (Å²) in [6.07, 6.45) is 4.37. The lowest BCUT2D eigenvalue weighted by Crippen LogP contribution is -2.46. The molecule has 0 aromatic rings. The second-order valence-electron chi connectivity index (χ2n) is 5.37. The van der Waals surface area contributed by atoms with Gasteiger partial charge in [-0.2, -0.15) is 0 Å². The lowest BCUT2D eigenvalue weighted by atomic mass is 9.79. The minimum atomic E-state index is -0.334. The Morgan fingerprint density at radius 2 is 1.56 bits per heavy atom. The fourth-order valence-electron chi connectivity index (χ4n) is 3.19. The molecule has 5 heteroatoms. The van der Waals surface area contributed by atoms with Gasteiger partial charge in [0.2, 0.25) is 0 Å². The molecule has 3 aliphatic rings. The molecule has 1 aliphatic carbocycles. The second-order valence-corrected chi connectivity index (χ2v) is 5.37. The highest BCUT2D eigenvalue weighted by molar-refractivity contribution is 4.93. The van der Waals surface area contributed by atoms with E-state index in [1.807, 2.05) is 0 Å². The summed E-state index contributed by atoms with van der Waals surface area (Å²) in [5, 5.41) is 0. The quantitative estimate of drug-likeness (QED) is 0.766. The molecule has 104 valence electrons. The van der Waals surface area contributed by atoms with Gasteiger partial charge < -0.3 is 23.7 Å². The van der Waals surface area contributed by atoms with Crippen molar-refractivity contribution in [3.63, 3.8) is 0 Å². The molecule has 0 unspecified atom stereocenters. The van der Waals surface area contributed by atoms with Crippen LogP contribution in [0.15, 0.2) is 0 Å². The van der Waals surface area contributed by atoms with Crippen LogP contribution in [0.25, 0.3) is 0 Å². The molecule has 5 nitrogen and oxygen atoms in total. The Labute approximate surface area is 108 Å². The van der Waals surface area contributed by atoms with Crippen molar-refractivity contribution in [2.75, 3.05) is 33.5 Å². The van der Waals surface area contributed by atoms with Crippen molar-refractivity contribution in [3.05, 3.63) is 0 Å². The molecule has 3 rings (SSSR count). The molecule has 0 radical (unpaired) electrons. The first-order valence-electron chi connectivity index (χ1n) is 6.82. The first-order valence-corrected chi connectivity index (χ1v) is 6.82. The molecule has 2 heterocycles. The maximum Gasteiger partial charge on any atom is 0.168 e. The smallest absolute Gasteiger partial charge is 0.168 e. The highest BCUT2D eigenvalue weighted by Crippen LogP contribution is 2.44. The first kappa shape index (κ1) is 12.8. The van der Waals surface area contributed by atoms with E-state index in [2.05, 4.69) is 0 Å². The Morgan fingerprint density at radius 1 is 0.944 bits per heavy atom. The molecular formula is C13H22O5. The van der Waals surface area contributed by atoms with Crippen LogP contribution in [0, 0.1) is 0 Å². The first-order chi connectivity index (χ1) is 8.76. The summed E-state index contributed by atoms with van der Waals surface area (Å²) in [5.74, 6) is -0.334. The lowest BCUT2D eigenvalue weighted by molar-refractivity contribution is -0.217. The van der Waals surface area contributed by atoms with Crippen molar-refractivity contribution in [2.45, 2.75) is 49.8 Å². The predicted molar refractivity (Wildman–Crippen MR) is 63.2 cm³/mol. The summed E-state index contributed by atoms with van der Waals surface area (Å²) in [5.41, 5.74) is -0.143. The molecule has 1 saturated carbocycles. The van der Waals surface area contributed by atoms with Crippen LogP contribution in [-0.2, 0) is 23.7 Å². The summed E-state index contributed by atoms with van der Waals surface area (Å²) in [7, 11) is 1.78. The van der Waals surface area contributed by atoms with Crippen molar-refractivity contribution < 1.29 is 23.7 Å². The predicted octanol–water partition coefficient (Wildman–Crippen LogP) is 1.45. The molecule has 2 saturated heterocycles. The SMILES string of the molecule is COC1(CC2OCCO2)CCC2(CC1)OCCO2. The van der Waals surface area contributed by atoms with Crippen LogP contribution in [0.2, 0.25) is 0 Å². The van der Waals surface area contributed by atoms with Crippen molar-refractivity contribution in [1.82, 2.24) is 0 Å². The van der Waals surface area contributed by atoms with Crippen LogP contribution in [0.3, 0.4) is 0 Å². The Morgan fingerprint density at radius 3 is 2.11 bits per heavy atom. The van der Waals surface area contributed by atoms with Gasteiger partial charge in [-0.3, -0.25) is 0 Å². The fourth-order valence-corrected chi connectivity index (χ4v) is 3.19. The molecule has 18 heavy (non-hydrogen) atoms. The molecule has 0 aromatic heterocycles. The minimum absolute atomic E-state index is 0.107. The molecular weight excluding hydrogens is 236 g/mol. The zero-order chi connectivity index (χ0) is 12.5. The third-order valence-electron chi connectivity index (χ3n) is 4.40. The van der Waals surface area contributed by atoms with Gasteiger partial charge in [0.1, 0.15) is 0 Å². The summed E-state index contributed by atoms with van der Waals surface area (Å²) < 4.78 is 28.3. The van der Waals surface area contributed by atoms with Gasteiger partial charge in [0.25, 0.3) is 0 Å². The Bertz CT molecular complexity index is 271. The lowest BCUT2D eigenvalue weighted by Gasteiger charge is -2.43. The Balaban J connectivity index is 1.59. The van der Waals surface area contributed by atoms with E-state index in [4.69, 9.17) is 23.7 Å². The zero-order valence-corrected chi connectivity index (χ0v) is 11.0. The Kier molecular flexibility index (Phi) is 3.60. The van der Waals surface area contributed by atoms with E-state index in [0.29, 0.717) is 13.2 Å². The van der Waals surface area contributed by atoms with E-state index in [9.17, 15) is 0 Å². The number of hydrogen-bond donors (Lipinski definition) is 0. The number of hydrogen-bond acceptors (Lipinski definition) is 5. The average Bonchev–Trinajstić information content (AvgIpc) is 3.05. The van der Waals surface area contributed by atoms with E-state index >= 15 is 0 Å². The second kappa shape index (κ2) is 5.06. The van der Waals surface area contributed by atoms with Gasteiger partial charge in [-0.15, -0.1) is 0 Å². The van der Waals surface area contributed by atoms with E-state index < -0.39 is 0 Å². The van der Waals surface area contributed by atoms with Gasteiger partial charge in [-0.25, -0.2) is 0 Å². The summed E-state index contributed by atoms with van der Waals surface area (Å²) in [6, 6.07) is 0. The molecule has 1 spiro atoms. The van der Waals surface area contributed by atoms with Crippen LogP contribution < -0.4 is 0 Å². The maximum atomic E-state index is 5.77. The third kappa shape index (κ3) is 2.42. The van der Waals surface area contributed by atoms with Crippen molar-refractivity contribution >= 4 is 0 Å². The largest absolute Gasteiger partial charge is 0.378 e. The van der Waals surface area contributed by atoms with Crippen LogP contribution in [0.1, 0.15) is 32.1 Å². The maximum absolute atomic E-state index is 5.77. The Hall–Kier alpha value is -0.200. The third-order valence-corrected chi connectivity index (χ3v) is 4.40. The van der Waals surface area contributed by atoms with E-state index in [-0.39, 0.29) is 17.7 Å². The molecule has 0 amide bonds. The average molecular weight is 258 g/mol. The topological polar surface area (TPSA) is 46.2 Å². The summed E-state index contributed by atoms with van der Waals surface area (Å²) in [4.78, 5) is 0. The van der Waals surface area contributed by atoms with Gasteiger partial charge in [-0.1, -0.05) is 0 Å². The zero-order valence-electron chi connectivity index (χ0n) is 11.0. The molecule has 0 atom stereocenters. The highest BCUT2D eigenvalue weighted by Gasteiger charge is 2.47. The van der Waals surface area contributed by atoms with Gasteiger partial charge in [0, 0.05) is 26.4 Å². The monoisotopic (exact) mass is 258 g/mol. The highest BCUT2D eigenvalue weighted by atomic mass is 16.7. The summed E-state index contributed by atoms with van der Waals surface area (Å²) in [6.45, 7) is 2.82. The van der Waals surface area contributed by atoms with Gasteiger partial charge in [0.15, 0.2) is 12.1 Å². The van der Waals surface area contributed by atoms with Crippen LogP contribution in [0.5, 0.6) is 0 Å². The normalized spacial score (nSPS) is 31.2. The van der Waals surface area contributed by atoms with Crippen LogP contribution in [0.4, 0.5) is 0 Å². The number of methoxy groups -OCH3 is 1. The van der Waals surface area contributed by atoms with E-state index in [1.54, 1.807) is 7.11 Å². The standard InChI is InChI=1S/C13H22O5/c1-14-12(10-11-15-6-7-16-11)2-4-13(5-3-12)17-8-9-18-13/h11H,2-10H2,1H3. The number of ether oxygens (including phenoxy) is 5. The fraction of sp³-hybridized carbons (Fsp3) is 1.00. The van der Waals surface area contributed by atoms with Gasteiger partial charge in [0.05, 0.1) is 32.0 Å². The molecule has 3 fully saturated rings. The van der Waals surface area contributed by atoms with Crippen molar-refractivity contribution in [2.24, 2.45) is 0 Å². The molecule has 0 aromatic carbocycles. The number of rotatable bonds is 3. The van der Waals surface area contributed by atoms with Crippen molar-refractivity contribution in [3.8, 4) is 0 Å². The van der Waals surface area contributed by atoms with E-state index in [0.717, 1.165) is 45.3 Å². The van der Waals surface area contributed by atoms with Crippen LogP contribution >= 0.6 is 0 Å². The van der Waals surface area contributed by atoms with Gasteiger partial charge in [-0.05, 0) is 12.8 Å². The summed E-state index contributed by atoms with van der Waals surface area (Å²) >= 11 is 0. The van der Waals surface area contributed by atoms with Crippen LogP contribution in [-0.4, -0.2) is 51.2 Å². The van der Waals surface area contributed by atoms with Crippen molar-refractivity contribution in [1.29, 1.82) is 0 Å². The molecule has 0 N–H and O–H groups in total. The molecule has 2 aliphatic heterocycles. The minimum Gasteiger partial charge on any atom is -0.378 e.